The number of β-amino-alcohol motifs (C(OH)–C–C–N with tert-alkyl or cyclic N) is 1. The molecule has 0 radical (unpaired) electrons. The monoisotopic (exact) mass is 329 g/mol. The molecule has 5 heteroatoms. The summed E-state index contributed by atoms with van der Waals surface area (Å²) in [6.45, 7) is 2.95. The molecular formula is C14H17BrFNO2. The Balaban J connectivity index is 2.03. The summed E-state index contributed by atoms with van der Waals surface area (Å²) < 4.78 is 14.3. The van der Waals surface area contributed by atoms with Crippen LogP contribution in [0.4, 0.5) is 4.39 Å². The van der Waals surface area contributed by atoms with Gasteiger partial charge in [-0.15, -0.1) is 0 Å². The zero-order valence-corrected chi connectivity index (χ0v) is 12.4. The van der Waals surface area contributed by atoms with Gasteiger partial charge in [-0.2, -0.15) is 0 Å². The molecule has 19 heavy (non-hydrogen) atoms. The van der Waals surface area contributed by atoms with Crippen LogP contribution in [-0.4, -0.2) is 35.1 Å². The van der Waals surface area contributed by atoms with E-state index in [0.29, 0.717) is 18.7 Å². The fourth-order valence-electron chi connectivity index (χ4n) is 2.23. The standard InChI is InChI=1S/C14H17BrFNO2/c1-9-4-5-17(8-13(9)18)14(19)7-10-6-11(15)2-3-12(10)16/h2-3,6,9,13,18H,4-5,7-8H2,1H3. The van der Waals surface area contributed by atoms with E-state index < -0.39 is 6.10 Å². The zero-order chi connectivity index (χ0) is 14.0. The molecule has 0 saturated carbocycles. The highest BCUT2D eigenvalue weighted by atomic mass is 79.9. The van der Waals surface area contributed by atoms with Gasteiger partial charge in [0.05, 0.1) is 12.5 Å². The maximum atomic E-state index is 13.6. The van der Waals surface area contributed by atoms with Crippen LogP contribution in [0.25, 0.3) is 0 Å². The Kier molecular flexibility index (Phi) is 4.58. The van der Waals surface area contributed by atoms with Crippen molar-refractivity contribution in [2.24, 2.45) is 5.92 Å². The van der Waals surface area contributed by atoms with Gasteiger partial charge in [-0.05, 0) is 36.1 Å². The molecule has 1 N–H and O–H groups in total. The first-order chi connectivity index (χ1) is 8.97. The lowest BCUT2D eigenvalue weighted by atomic mass is 9.95. The van der Waals surface area contributed by atoms with Crippen molar-refractivity contribution in [3.63, 3.8) is 0 Å². The second-order valence-electron chi connectivity index (χ2n) is 5.09. The van der Waals surface area contributed by atoms with Crippen molar-refractivity contribution in [1.29, 1.82) is 0 Å². The van der Waals surface area contributed by atoms with Gasteiger partial charge in [-0.1, -0.05) is 22.9 Å². The topological polar surface area (TPSA) is 40.5 Å². The number of rotatable bonds is 2. The van der Waals surface area contributed by atoms with E-state index in [9.17, 15) is 14.3 Å². The summed E-state index contributed by atoms with van der Waals surface area (Å²) in [7, 11) is 0. The second-order valence-corrected chi connectivity index (χ2v) is 6.00. The maximum absolute atomic E-state index is 13.6. The molecule has 104 valence electrons. The first kappa shape index (κ1) is 14.5. The van der Waals surface area contributed by atoms with Crippen LogP contribution in [0.15, 0.2) is 22.7 Å². The van der Waals surface area contributed by atoms with Gasteiger partial charge in [0.15, 0.2) is 0 Å². The van der Waals surface area contributed by atoms with Crippen molar-refractivity contribution < 1.29 is 14.3 Å². The van der Waals surface area contributed by atoms with E-state index in [1.165, 1.54) is 6.07 Å². The Morgan fingerprint density at radius 1 is 1.58 bits per heavy atom. The van der Waals surface area contributed by atoms with E-state index in [2.05, 4.69) is 15.9 Å². The molecule has 2 atom stereocenters. The lowest BCUT2D eigenvalue weighted by Crippen LogP contribution is -2.46. The Morgan fingerprint density at radius 3 is 3.00 bits per heavy atom. The van der Waals surface area contributed by atoms with Gasteiger partial charge in [-0.3, -0.25) is 4.79 Å². The molecule has 0 bridgehead atoms. The van der Waals surface area contributed by atoms with Gasteiger partial charge >= 0.3 is 0 Å². The fraction of sp³-hybridized carbons (Fsp3) is 0.500. The molecule has 2 rings (SSSR count). The van der Waals surface area contributed by atoms with Crippen LogP contribution in [0.3, 0.4) is 0 Å². The molecule has 0 aromatic heterocycles. The van der Waals surface area contributed by atoms with Gasteiger partial charge in [-0.25, -0.2) is 4.39 Å². The summed E-state index contributed by atoms with van der Waals surface area (Å²) in [4.78, 5) is 13.7. The number of hydrogen-bond acceptors (Lipinski definition) is 2. The van der Waals surface area contributed by atoms with Crippen molar-refractivity contribution in [3.05, 3.63) is 34.1 Å². The number of nitrogens with zero attached hydrogens (tertiary/aromatic N) is 1. The van der Waals surface area contributed by atoms with Crippen molar-refractivity contribution in [1.82, 2.24) is 4.90 Å². The van der Waals surface area contributed by atoms with Crippen LogP contribution >= 0.6 is 15.9 Å². The van der Waals surface area contributed by atoms with Crippen LogP contribution < -0.4 is 0 Å². The third-order valence-electron chi connectivity index (χ3n) is 3.62. The molecule has 1 saturated heterocycles. The van der Waals surface area contributed by atoms with Gasteiger partial charge in [0.1, 0.15) is 5.82 Å². The highest BCUT2D eigenvalue weighted by Gasteiger charge is 2.27. The fourth-order valence-corrected chi connectivity index (χ4v) is 2.64. The van der Waals surface area contributed by atoms with Crippen molar-refractivity contribution >= 4 is 21.8 Å². The Labute approximate surface area is 120 Å². The van der Waals surface area contributed by atoms with Crippen LogP contribution in [0, 0.1) is 11.7 Å². The predicted molar refractivity (Wildman–Crippen MR) is 74.2 cm³/mol. The number of aliphatic hydroxyl groups is 1. The number of halogens is 2. The number of carbonyl (C=O) groups is 1. The van der Waals surface area contributed by atoms with E-state index in [4.69, 9.17) is 0 Å². The quantitative estimate of drug-likeness (QED) is 0.904. The van der Waals surface area contributed by atoms with Gasteiger partial charge in [0, 0.05) is 17.6 Å². The van der Waals surface area contributed by atoms with Gasteiger partial charge < -0.3 is 10.0 Å². The van der Waals surface area contributed by atoms with Crippen LogP contribution in [0.2, 0.25) is 0 Å². The van der Waals surface area contributed by atoms with E-state index in [0.717, 1.165) is 10.9 Å². The normalized spacial score (nSPS) is 23.5. The zero-order valence-electron chi connectivity index (χ0n) is 10.8. The van der Waals surface area contributed by atoms with Crippen molar-refractivity contribution in [2.75, 3.05) is 13.1 Å². The average Bonchev–Trinajstić information content (AvgIpc) is 2.37. The van der Waals surface area contributed by atoms with E-state index in [1.807, 2.05) is 6.92 Å². The van der Waals surface area contributed by atoms with E-state index in [1.54, 1.807) is 17.0 Å². The second kappa shape index (κ2) is 6.01. The minimum Gasteiger partial charge on any atom is -0.391 e. The number of carbonyl (C=O) groups excluding carboxylic acids is 1. The molecule has 1 aromatic rings. The lowest BCUT2D eigenvalue weighted by molar-refractivity contribution is -0.134. The minimum absolute atomic E-state index is 0.0341. The maximum Gasteiger partial charge on any atom is 0.227 e. The van der Waals surface area contributed by atoms with E-state index >= 15 is 0 Å². The number of amides is 1. The van der Waals surface area contributed by atoms with Crippen LogP contribution in [0.5, 0.6) is 0 Å². The summed E-state index contributed by atoms with van der Waals surface area (Å²) in [6, 6.07) is 4.58. The van der Waals surface area contributed by atoms with Crippen LogP contribution in [0.1, 0.15) is 18.9 Å². The number of aliphatic hydroxyl groups excluding tert-OH is 1. The third-order valence-corrected chi connectivity index (χ3v) is 4.11. The molecule has 1 heterocycles. The molecule has 2 unspecified atom stereocenters. The molecule has 1 fully saturated rings. The molecule has 1 amide bonds. The summed E-state index contributed by atoms with van der Waals surface area (Å²) in [5.41, 5.74) is 0.382. The predicted octanol–water partition coefficient (Wildman–Crippen LogP) is 2.36. The summed E-state index contributed by atoms with van der Waals surface area (Å²) in [5.74, 6) is -0.294. The van der Waals surface area contributed by atoms with Crippen LogP contribution in [-0.2, 0) is 11.2 Å². The number of piperidine rings is 1. The summed E-state index contributed by atoms with van der Waals surface area (Å²) in [5, 5.41) is 9.79. The smallest absolute Gasteiger partial charge is 0.227 e. The van der Waals surface area contributed by atoms with Crippen molar-refractivity contribution in [2.45, 2.75) is 25.9 Å². The SMILES string of the molecule is CC1CCN(C(=O)Cc2cc(Br)ccc2F)CC1O. The summed E-state index contributed by atoms with van der Waals surface area (Å²) >= 11 is 3.27. The summed E-state index contributed by atoms with van der Waals surface area (Å²) in [6.07, 6.45) is 0.338. The largest absolute Gasteiger partial charge is 0.391 e. The number of likely N-dealkylation sites (tertiary alicyclic amines) is 1. The Bertz CT molecular complexity index is 481. The van der Waals surface area contributed by atoms with Crippen molar-refractivity contribution in [3.8, 4) is 0 Å². The van der Waals surface area contributed by atoms with Gasteiger partial charge in [0.2, 0.25) is 5.91 Å². The molecule has 1 aliphatic rings. The first-order valence-electron chi connectivity index (χ1n) is 6.37. The van der Waals surface area contributed by atoms with Gasteiger partial charge in [0.25, 0.3) is 0 Å². The molecule has 3 nitrogen and oxygen atoms in total. The minimum atomic E-state index is -0.481. The number of benzene rings is 1. The Morgan fingerprint density at radius 2 is 2.32 bits per heavy atom. The molecule has 1 aliphatic heterocycles. The molecule has 1 aromatic carbocycles. The Hall–Kier alpha value is -0.940. The lowest BCUT2D eigenvalue weighted by Gasteiger charge is -2.34. The number of hydrogen-bond donors (Lipinski definition) is 1. The molecular weight excluding hydrogens is 313 g/mol. The molecule has 0 spiro atoms. The van der Waals surface area contributed by atoms with E-state index in [-0.39, 0.29) is 24.1 Å². The molecule has 0 aliphatic carbocycles. The highest BCUT2D eigenvalue weighted by Crippen LogP contribution is 2.20. The average molecular weight is 330 g/mol. The third kappa shape index (κ3) is 3.54. The first-order valence-corrected chi connectivity index (χ1v) is 7.16. The highest BCUT2D eigenvalue weighted by molar-refractivity contribution is 9.10.